The molecule has 0 radical (unpaired) electrons. The van der Waals surface area contributed by atoms with Crippen molar-refractivity contribution >= 4 is 5.91 Å². The van der Waals surface area contributed by atoms with Gasteiger partial charge in [0, 0.05) is 5.56 Å². The average Bonchev–Trinajstić information content (AvgIpc) is 2.63. The average molecular weight is 317 g/mol. The number of amides is 1. The van der Waals surface area contributed by atoms with Gasteiger partial charge >= 0.3 is 0 Å². The first-order chi connectivity index (χ1) is 11.8. The van der Waals surface area contributed by atoms with Gasteiger partial charge in [-0.25, -0.2) is 0 Å². The molecular weight excluding hydrogens is 302 g/mol. The summed E-state index contributed by atoms with van der Waals surface area (Å²) in [7, 11) is 0. The van der Waals surface area contributed by atoms with Crippen molar-refractivity contribution in [2.45, 2.75) is 6.23 Å². The third-order valence-electron chi connectivity index (χ3n) is 3.80. The Labute approximate surface area is 139 Å². The molecule has 1 aliphatic rings. The van der Waals surface area contributed by atoms with Crippen LogP contribution in [0.5, 0.6) is 17.2 Å². The molecule has 1 heterocycles. The molecule has 0 spiro atoms. The summed E-state index contributed by atoms with van der Waals surface area (Å²) in [6.07, 6.45) is -0.502. The van der Waals surface area contributed by atoms with Crippen LogP contribution in [0, 0.1) is 0 Å². The van der Waals surface area contributed by atoms with Gasteiger partial charge in [-0.05, 0) is 48.5 Å². The second-order valence-corrected chi connectivity index (χ2v) is 5.45. The summed E-state index contributed by atoms with van der Waals surface area (Å²) in [4.78, 5) is 12.2. The van der Waals surface area contributed by atoms with Gasteiger partial charge in [0.05, 0.1) is 5.56 Å². The Morgan fingerprint density at radius 2 is 1.46 bits per heavy atom. The van der Waals surface area contributed by atoms with Crippen molar-refractivity contribution < 1.29 is 14.3 Å². The molecule has 1 N–H and O–H groups in total. The first-order valence-electron chi connectivity index (χ1n) is 7.69. The zero-order valence-electron chi connectivity index (χ0n) is 12.8. The Morgan fingerprint density at radius 3 is 2.25 bits per heavy atom. The van der Waals surface area contributed by atoms with Crippen LogP contribution in [-0.4, -0.2) is 5.91 Å². The maximum atomic E-state index is 12.2. The number of hydrogen-bond acceptors (Lipinski definition) is 3. The topological polar surface area (TPSA) is 47.6 Å². The fourth-order valence-corrected chi connectivity index (χ4v) is 2.60. The number of carbonyl (C=O) groups excluding carboxylic acids is 1. The number of carbonyl (C=O) groups is 1. The van der Waals surface area contributed by atoms with Gasteiger partial charge in [0.25, 0.3) is 5.91 Å². The van der Waals surface area contributed by atoms with E-state index in [-0.39, 0.29) is 5.91 Å². The molecular formula is C20H15NO3. The third-order valence-corrected chi connectivity index (χ3v) is 3.80. The summed E-state index contributed by atoms with van der Waals surface area (Å²) in [5.74, 6) is 1.97. The summed E-state index contributed by atoms with van der Waals surface area (Å²) in [5.41, 5.74) is 1.41. The van der Waals surface area contributed by atoms with E-state index < -0.39 is 6.23 Å². The van der Waals surface area contributed by atoms with Crippen LogP contribution in [-0.2, 0) is 0 Å². The van der Waals surface area contributed by atoms with Gasteiger partial charge in [-0.2, -0.15) is 0 Å². The standard InChI is InChI=1S/C20H15NO3/c22-19-17-8-4-5-9-18(17)24-20(21-19)14-10-12-16(13-11-14)23-15-6-2-1-3-7-15/h1-13,20H,(H,21,22)/t20-/m1/s1. The first-order valence-corrected chi connectivity index (χ1v) is 7.69. The summed E-state index contributed by atoms with van der Waals surface area (Å²) in [5, 5.41) is 2.86. The van der Waals surface area contributed by atoms with Gasteiger partial charge in [0.1, 0.15) is 17.2 Å². The second kappa shape index (κ2) is 6.08. The van der Waals surface area contributed by atoms with Crippen LogP contribution in [0.2, 0.25) is 0 Å². The summed E-state index contributed by atoms with van der Waals surface area (Å²) in [6.45, 7) is 0. The molecule has 0 unspecified atom stereocenters. The Hall–Kier alpha value is -3.27. The van der Waals surface area contributed by atoms with E-state index in [1.165, 1.54) is 0 Å². The van der Waals surface area contributed by atoms with E-state index in [1.807, 2.05) is 66.7 Å². The number of fused-ring (bicyclic) bond motifs is 1. The second-order valence-electron chi connectivity index (χ2n) is 5.45. The highest BCUT2D eigenvalue weighted by Crippen LogP contribution is 2.30. The number of ether oxygens (including phenoxy) is 2. The Balaban J connectivity index is 1.53. The van der Waals surface area contributed by atoms with Crippen LogP contribution in [0.3, 0.4) is 0 Å². The number of hydrogen-bond donors (Lipinski definition) is 1. The minimum absolute atomic E-state index is 0.133. The smallest absolute Gasteiger partial charge is 0.258 e. The SMILES string of the molecule is O=C1N[C@@H](c2ccc(Oc3ccccc3)cc2)Oc2ccccc21. The summed E-state index contributed by atoms with van der Waals surface area (Å²) in [6, 6.07) is 24.3. The molecule has 4 heteroatoms. The van der Waals surface area contributed by atoms with E-state index in [4.69, 9.17) is 9.47 Å². The van der Waals surface area contributed by atoms with Crippen LogP contribution in [0.4, 0.5) is 0 Å². The predicted molar refractivity (Wildman–Crippen MR) is 90.2 cm³/mol. The molecule has 0 aromatic heterocycles. The number of rotatable bonds is 3. The van der Waals surface area contributed by atoms with Gasteiger partial charge < -0.3 is 14.8 Å². The van der Waals surface area contributed by atoms with Crippen LogP contribution >= 0.6 is 0 Å². The lowest BCUT2D eigenvalue weighted by molar-refractivity contribution is 0.0756. The number of nitrogens with one attached hydrogen (secondary N) is 1. The van der Waals surface area contributed by atoms with E-state index in [0.717, 1.165) is 17.1 Å². The summed E-state index contributed by atoms with van der Waals surface area (Å²) >= 11 is 0. The maximum Gasteiger partial charge on any atom is 0.258 e. The molecule has 0 saturated carbocycles. The molecule has 0 fully saturated rings. The van der Waals surface area contributed by atoms with Gasteiger partial charge in [-0.1, -0.05) is 30.3 Å². The highest BCUT2D eigenvalue weighted by molar-refractivity contribution is 5.97. The minimum Gasteiger partial charge on any atom is -0.466 e. The molecule has 4 rings (SSSR count). The predicted octanol–water partition coefficient (Wildman–Crippen LogP) is 4.30. The van der Waals surface area contributed by atoms with Crippen molar-refractivity contribution in [2.75, 3.05) is 0 Å². The van der Waals surface area contributed by atoms with Crippen molar-refractivity contribution in [1.82, 2.24) is 5.32 Å². The molecule has 0 bridgehead atoms. The first kappa shape index (κ1) is 14.3. The number of benzene rings is 3. The zero-order valence-corrected chi connectivity index (χ0v) is 12.8. The van der Waals surface area contributed by atoms with E-state index in [2.05, 4.69) is 5.32 Å². The molecule has 24 heavy (non-hydrogen) atoms. The highest BCUT2D eigenvalue weighted by atomic mass is 16.5. The van der Waals surface area contributed by atoms with Gasteiger partial charge in [-0.3, -0.25) is 4.79 Å². The fraction of sp³-hybridized carbons (Fsp3) is 0.0500. The Morgan fingerprint density at radius 1 is 0.792 bits per heavy atom. The Kier molecular flexibility index (Phi) is 3.63. The monoisotopic (exact) mass is 317 g/mol. The highest BCUT2D eigenvalue weighted by Gasteiger charge is 2.26. The molecule has 3 aromatic rings. The van der Waals surface area contributed by atoms with E-state index in [9.17, 15) is 4.79 Å². The van der Waals surface area contributed by atoms with E-state index >= 15 is 0 Å². The molecule has 3 aromatic carbocycles. The molecule has 1 amide bonds. The van der Waals surface area contributed by atoms with Gasteiger partial charge in [-0.15, -0.1) is 0 Å². The summed E-state index contributed by atoms with van der Waals surface area (Å²) < 4.78 is 11.6. The van der Waals surface area contributed by atoms with Crippen LogP contribution in [0.1, 0.15) is 22.1 Å². The molecule has 4 nitrogen and oxygen atoms in total. The molecule has 0 saturated heterocycles. The lowest BCUT2D eigenvalue weighted by Gasteiger charge is -2.27. The minimum atomic E-state index is -0.502. The molecule has 118 valence electrons. The van der Waals surface area contributed by atoms with Crippen LogP contribution in [0.15, 0.2) is 78.9 Å². The third kappa shape index (κ3) is 2.82. The Bertz CT molecular complexity index is 860. The van der Waals surface area contributed by atoms with Gasteiger partial charge in [0.15, 0.2) is 6.23 Å². The van der Waals surface area contributed by atoms with Crippen molar-refractivity contribution in [3.63, 3.8) is 0 Å². The molecule has 0 aliphatic carbocycles. The van der Waals surface area contributed by atoms with Crippen molar-refractivity contribution in [3.05, 3.63) is 90.0 Å². The molecule has 1 atom stereocenters. The van der Waals surface area contributed by atoms with E-state index in [0.29, 0.717) is 11.3 Å². The van der Waals surface area contributed by atoms with Crippen LogP contribution in [0.25, 0.3) is 0 Å². The largest absolute Gasteiger partial charge is 0.466 e. The molecule has 1 aliphatic heterocycles. The van der Waals surface area contributed by atoms with Gasteiger partial charge in [0.2, 0.25) is 0 Å². The zero-order chi connectivity index (χ0) is 16.4. The van der Waals surface area contributed by atoms with E-state index in [1.54, 1.807) is 12.1 Å². The number of para-hydroxylation sites is 2. The fourth-order valence-electron chi connectivity index (χ4n) is 2.60. The van der Waals surface area contributed by atoms with Crippen LogP contribution < -0.4 is 14.8 Å². The normalized spacial score (nSPS) is 15.8. The van der Waals surface area contributed by atoms with Crippen molar-refractivity contribution in [3.8, 4) is 17.2 Å². The lowest BCUT2D eigenvalue weighted by Crippen LogP contribution is -2.36. The van der Waals surface area contributed by atoms with Crippen molar-refractivity contribution in [2.24, 2.45) is 0 Å². The lowest BCUT2D eigenvalue weighted by atomic mass is 10.1. The quantitative estimate of drug-likeness (QED) is 0.783. The van der Waals surface area contributed by atoms with Crippen molar-refractivity contribution in [1.29, 1.82) is 0 Å². The maximum absolute atomic E-state index is 12.2.